The molecule has 0 saturated heterocycles. The summed E-state index contributed by atoms with van der Waals surface area (Å²) in [6.45, 7) is 10.3. The summed E-state index contributed by atoms with van der Waals surface area (Å²) in [7, 11) is 0. The number of nitrogens with zero attached hydrogens (tertiary/aromatic N) is 1. The van der Waals surface area contributed by atoms with Gasteiger partial charge in [0, 0.05) is 30.6 Å². The van der Waals surface area contributed by atoms with E-state index in [9.17, 15) is 0 Å². The summed E-state index contributed by atoms with van der Waals surface area (Å²) in [6.07, 6.45) is 5.86. The molecule has 3 heteroatoms. The predicted molar refractivity (Wildman–Crippen MR) is 75.4 cm³/mol. The lowest BCUT2D eigenvalue weighted by Gasteiger charge is -2.18. The molecule has 0 aromatic heterocycles. The van der Waals surface area contributed by atoms with E-state index < -0.39 is 0 Å². The minimum atomic E-state index is 0.976. The number of hydrogen-bond acceptors (Lipinski definition) is 3. The average Bonchev–Trinajstić information content (AvgIpc) is 2.81. The third-order valence-corrected chi connectivity index (χ3v) is 4.82. The van der Waals surface area contributed by atoms with Gasteiger partial charge in [-0.1, -0.05) is 26.7 Å². The molecule has 2 nitrogen and oxygen atoms in total. The van der Waals surface area contributed by atoms with Gasteiger partial charge in [0.25, 0.3) is 0 Å². The van der Waals surface area contributed by atoms with E-state index in [1.54, 1.807) is 0 Å². The van der Waals surface area contributed by atoms with Gasteiger partial charge in [-0.3, -0.25) is 0 Å². The molecule has 0 spiro atoms. The van der Waals surface area contributed by atoms with Gasteiger partial charge < -0.3 is 10.2 Å². The Hall–Kier alpha value is 0.270. The molecule has 96 valence electrons. The van der Waals surface area contributed by atoms with E-state index in [2.05, 4.69) is 35.8 Å². The Balaban J connectivity index is 1.84. The molecule has 0 bridgehead atoms. The molecule has 0 atom stereocenters. The fourth-order valence-electron chi connectivity index (χ4n) is 2.25. The number of thioether (sulfide) groups is 1. The molecule has 1 rings (SSSR count). The van der Waals surface area contributed by atoms with E-state index in [0.29, 0.717) is 0 Å². The van der Waals surface area contributed by atoms with Crippen molar-refractivity contribution in [2.45, 2.75) is 44.8 Å². The van der Waals surface area contributed by atoms with E-state index >= 15 is 0 Å². The Morgan fingerprint density at radius 2 is 1.81 bits per heavy atom. The monoisotopic (exact) mass is 244 g/mol. The number of hydrogen-bond donors (Lipinski definition) is 1. The lowest BCUT2D eigenvalue weighted by Crippen LogP contribution is -2.32. The first-order chi connectivity index (χ1) is 7.86. The van der Waals surface area contributed by atoms with Crippen LogP contribution in [0.2, 0.25) is 0 Å². The van der Waals surface area contributed by atoms with Crippen LogP contribution in [0, 0.1) is 0 Å². The third kappa shape index (κ3) is 6.12. The summed E-state index contributed by atoms with van der Waals surface area (Å²) in [6, 6.07) is 0. The second-order valence-corrected chi connectivity index (χ2v) is 5.96. The first-order valence-electron chi connectivity index (χ1n) is 6.91. The largest absolute Gasteiger partial charge is 0.315 e. The normalized spacial score (nSPS) is 17.4. The Labute approximate surface area is 106 Å². The molecule has 1 aliphatic carbocycles. The van der Waals surface area contributed by atoms with Crippen LogP contribution in [-0.4, -0.2) is 48.6 Å². The van der Waals surface area contributed by atoms with Crippen LogP contribution in [0.5, 0.6) is 0 Å². The molecule has 0 unspecified atom stereocenters. The van der Waals surface area contributed by atoms with E-state index in [0.717, 1.165) is 11.8 Å². The van der Waals surface area contributed by atoms with E-state index in [4.69, 9.17) is 0 Å². The van der Waals surface area contributed by atoms with E-state index in [1.807, 2.05) is 0 Å². The van der Waals surface area contributed by atoms with Crippen LogP contribution in [0.25, 0.3) is 0 Å². The van der Waals surface area contributed by atoms with Gasteiger partial charge in [-0.15, -0.1) is 0 Å². The standard InChI is InChI=1S/C13H28N2S/c1-3-15(4-2)11-9-14-10-12-16-13-7-5-6-8-13/h13-14H,3-12H2,1-2H3. The highest BCUT2D eigenvalue weighted by Crippen LogP contribution is 2.28. The number of rotatable bonds is 9. The van der Waals surface area contributed by atoms with Gasteiger partial charge in [-0.25, -0.2) is 0 Å². The molecule has 0 radical (unpaired) electrons. The van der Waals surface area contributed by atoms with Crippen LogP contribution in [-0.2, 0) is 0 Å². The van der Waals surface area contributed by atoms with Crippen molar-refractivity contribution in [1.29, 1.82) is 0 Å². The predicted octanol–water partition coefficient (Wildman–Crippen LogP) is 2.59. The summed E-state index contributed by atoms with van der Waals surface area (Å²) >= 11 is 2.18. The van der Waals surface area contributed by atoms with Crippen LogP contribution in [0.15, 0.2) is 0 Å². The lowest BCUT2D eigenvalue weighted by atomic mass is 10.4. The molecule has 1 fully saturated rings. The van der Waals surface area contributed by atoms with Gasteiger partial charge in [-0.05, 0) is 25.9 Å². The van der Waals surface area contributed by atoms with Gasteiger partial charge in [0.1, 0.15) is 0 Å². The maximum Gasteiger partial charge on any atom is 0.0107 e. The van der Waals surface area contributed by atoms with Crippen LogP contribution in [0.4, 0.5) is 0 Å². The Morgan fingerprint density at radius 1 is 1.12 bits per heavy atom. The van der Waals surface area contributed by atoms with Crippen LogP contribution in [0.3, 0.4) is 0 Å². The second-order valence-electron chi connectivity index (χ2n) is 4.55. The SMILES string of the molecule is CCN(CC)CCNCCSC1CCCC1. The minimum Gasteiger partial charge on any atom is -0.315 e. The first-order valence-corrected chi connectivity index (χ1v) is 7.96. The van der Waals surface area contributed by atoms with Crippen LogP contribution < -0.4 is 5.32 Å². The maximum atomic E-state index is 3.55. The molecule has 16 heavy (non-hydrogen) atoms. The van der Waals surface area contributed by atoms with Crippen molar-refractivity contribution in [2.24, 2.45) is 0 Å². The number of nitrogens with one attached hydrogen (secondary N) is 1. The quantitative estimate of drug-likeness (QED) is 0.628. The Morgan fingerprint density at radius 3 is 2.44 bits per heavy atom. The zero-order valence-corrected chi connectivity index (χ0v) is 11.8. The first kappa shape index (κ1) is 14.3. The van der Waals surface area contributed by atoms with Crippen molar-refractivity contribution in [2.75, 3.05) is 38.5 Å². The molecular weight excluding hydrogens is 216 g/mol. The van der Waals surface area contributed by atoms with Gasteiger partial charge in [0.2, 0.25) is 0 Å². The van der Waals surface area contributed by atoms with Crippen molar-refractivity contribution in [3.8, 4) is 0 Å². The molecule has 0 aromatic rings. The van der Waals surface area contributed by atoms with Crippen molar-refractivity contribution in [3.63, 3.8) is 0 Å². The minimum absolute atomic E-state index is 0.976. The van der Waals surface area contributed by atoms with Gasteiger partial charge in [0.15, 0.2) is 0 Å². The van der Waals surface area contributed by atoms with Crippen LogP contribution >= 0.6 is 11.8 Å². The molecule has 0 aliphatic heterocycles. The number of likely N-dealkylation sites (N-methyl/N-ethyl adjacent to an activating group) is 1. The van der Waals surface area contributed by atoms with Crippen molar-refractivity contribution in [1.82, 2.24) is 10.2 Å². The zero-order valence-electron chi connectivity index (χ0n) is 11.0. The topological polar surface area (TPSA) is 15.3 Å². The van der Waals surface area contributed by atoms with Gasteiger partial charge >= 0.3 is 0 Å². The van der Waals surface area contributed by atoms with Gasteiger partial charge in [-0.2, -0.15) is 11.8 Å². The highest BCUT2D eigenvalue weighted by atomic mass is 32.2. The highest BCUT2D eigenvalue weighted by Gasteiger charge is 2.14. The lowest BCUT2D eigenvalue weighted by molar-refractivity contribution is 0.303. The van der Waals surface area contributed by atoms with Crippen molar-refractivity contribution in [3.05, 3.63) is 0 Å². The summed E-state index contributed by atoms with van der Waals surface area (Å²) in [5.41, 5.74) is 0. The molecule has 0 aromatic carbocycles. The summed E-state index contributed by atoms with van der Waals surface area (Å²) in [4.78, 5) is 2.47. The smallest absolute Gasteiger partial charge is 0.0107 e. The molecule has 1 saturated carbocycles. The van der Waals surface area contributed by atoms with Crippen molar-refractivity contribution >= 4 is 11.8 Å². The van der Waals surface area contributed by atoms with E-state index in [-0.39, 0.29) is 0 Å². The molecule has 1 aliphatic rings. The fraction of sp³-hybridized carbons (Fsp3) is 1.00. The molecular formula is C13H28N2S. The van der Waals surface area contributed by atoms with E-state index in [1.165, 1.54) is 57.6 Å². The summed E-state index contributed by atoms with van der Waals surface area (Å²) in [5, 5.41) is 4.52. The summed E-state index contributed by atoms with van der Waals surface area (Å²) < 4.78 is 0. The Kier molecular flexibility index (Phi) is 8.34. The highest BCUT2D eigenvalue weighted by molar-refractivity contribution is 7.99. The van der Waals surface area contributed by atoms with Gasteiger partial charge in [0.05, 0.1) is 0 Å². The maximum absolute atomic E-state index is 3.55. The molecule has 1 N–H and O–H groups in total. The third-order valence-electron chi connectivity index (χ3n) is 3.43. The molecule has 0 heterocycles. The summed E-state index contributed by atoms with van der Waals surface area (Å²) in [5.74, 6) is 1.29. The molecule has 0 amide bonds. The van der Waals surface area contributed by atoms with Crippen LogP contribution in [0.1, 0.15) is 39.5 Å². The Bertz CT molecular complexity index is 148. The fourth-order valence-corrected chi connectivity index (χ4v) is 3.52. The zero-order chi connectivity index (χ0) is 11.6. The second kappa shape index (κ2) is 9.32. The van der Waals surface area contributed by atoms with Crippen molar-refractivity contribution < 1.29 is 0 Å². The average molecular weight is 244 g/mol.